The number of carbonyl (C=O) groups is 1. The predicted molar refractivity (Wildman–Crippen MR) is 86.0 cm³/mol. The van der Waals surface area contributed by atoms with E-state index in [4.69, 9.17) is 0 Å². The number of amides is 1. The molecule has 120 valence electrons. The van der Waals surface area contributed by atoms with Gasteiger partial charge in [0.05, 0.1) is 5.54 Å². The van der Waals surface area contributed by atoms with E-state index >= 15 is 0 Å². The molecule has 1 atom stereocenters. The summed E-state index contributed by atoms with van der Waals surface area (Å²) in [6.07, 6.45) is 8.43. The molecular weight excluding hydrogens is 260 g/mol. The van der Waals surface area contributed by atoms with Crippen molar-refractivity contribution in [3.63, 3.8) is 0 Å². The Hall–Kier alpha value is -0.570. The van der Waals surface area contributed by atoms with Crippen molar-refractivity contribution < 1.29 is 4.79 Å². The molecule has 0 aromatic rings. The van der Waals surface area contributed by atoms with Crippen LogP contribution in [-0.4, -0.2) is 24.0 Å². The van der Waals surface area contributed by atoms with E-state index in [2.05, 4.69) is 24.5 Å². The Labute approximate surface area is 129 Å². The third-order valence-corrected chi connectivity index (χ3v) is 6.54. The fourth-order valence-electron chi connectivity index (χ4n) is 5.76. The summed E-state index contributed by atoms with van der Waals surface area (Å²) in [6, 6.07) is 0.316. The molecule has 0 saturated heterocycles. The molecule has 2 N–H and O–H groups in total. The van der Waals surface area contributed by atoms with Crippen LogP contribution < -0.4 is 10.6 Å². The van der Waals surface area contributed by atoms with Crippen molar-refractivity contribution in [1.82, 2.24) is 10.6 Å². The van der Waals surface area contributed by atoms with Crippen molar-refractivity contribution in [1.29, 1.82) is 0 Å². The van der Waals surface area contributed by atoms with E-state index in [1.165, 1.54) is 38.5 Å². The number of hydrogen-bond donors (Lipinski definition) is 2. The summed E-state index contributed by atoms with van der Waals surface area (Å²) in [7, 11) is 0. The Morgan fingerprint density at radius 3 is 2.05 bits per heavy atom. The molecule has 0 aromatic carbocycles. The zero-order chi connectivity index (χ0) is 15.3. The van der Waals surface area contributed by atoms with Crippen molar-refractivity contribution in [2.75, 3.05) is 6.54 Å². The molecule has 3 heteroatoms. The van der Waals surface area contributed by atoms with E-state index in [1.54, 1.807) is 0 Å². The second-order valence-electron chi connectivity index (χ2n) is 8.63. The standard InChI is InChI=1S/C18H32N2O/c1-5-19-17(3,4)16(21)20-12(2)18-9-13-6-14(10-18)8-15(7-13)11-18/h12-15,19H,5-11H2,1-4H3,(H,20,21). The highest BCUT2D eigenvalue weighted by Crippen LogP contribution is 2.61. The number of nitrogens with one attached hydrogen (secondary N) is 2. The van der Waals surface area contributed by atoms with E-state index < -0.39 is 5.54 Å². The van der Waals surface area contributed by atoms with E-state index in [-0.39, 0.29) is 5.91 Å². The van der Waals surface area contributed by atoms with Crippen LogP contribution in [0, 0.1) is 23.2 Å². The van der Waals surface area contributed by atoms with Crippen LogP contribution in [0.3, 0.4) is 0 Å². The molecule has 21 heavy (non-hydrogen) atoms. The summed E-state index contributed by atoms with van der Waals surface area (Å²) in [5.74, 6) is 2.99. The molecule has 4 aliphatic carbocycles. The van der Waals surface area contributed by atoms with E-state index in [0.717, 1.165) is 24.3 Å². The molecule has 1 unspecified atom stereocenters. The molecule has 0 spiro atoms. The average molecular weight is 292 g/mol. The first-order chi connectivity index (χ1) is 9.84. The normalized spacial score (nSPS) is 39.3. The predicted octanol–water partition coefficient (Wildman–Crippen LogP) is 3.10. The lowest BCUT2D eigenvalue weighted by atomic mass is 9.48. The van der Waals surface area contributed by atoms with Gasteiger partial charge in [-0.2, -0.15) is 0 Å². The molecule has 4 rings (SSSR count). The first kappa shape index (κ1) is 15.3. The summed E-state index contributed by atoms with van der Waals surface area (Å²) in [4.78, 5) is 12.6. The summed E-state index contributed by atoms with van der Waals surface area (Å²) in [6.45, 7) is 9.10. The minimum Gasteiger partial charge on any atom is -0.352 e. The Morgan fingerprint density at radius 2 is 1.62 bits per heavy atom. The minimum atomic E-state index is -0.467. The van der Waals surface area contributed by atoms with Gasteiger partial charge in [0, 0.05) is 6.04 Å². The zero-order valence-electron chi connectivity index (χ0n) is 14.2. The van der Waals surface area contributed by atoms with Crippen LogP contribution in [0.4, 0.5) is 0 Å². The van der Waals surface area contributed by atoms with Crippen molar-refractivity contribution in [2.45, 2.75) is 77.8 Å². The van der Waals surface area contributed by atoms with Crippen molar-refractivity contribution in [3.05, 3.63) is 0 Å². The fraction of sp³-hybridized carbons (Fsp3) is 0.944. The van der Waals surface area contributed by atoms with Crippen molar-refractivity contribution >= 4 is 5.91 Å². The molecule has 0 aromatic heterocycles. The lowest BCUT2D eigenvalue weighted by Crippen LogP contribution is -2.60. The highest BCUT2D eigenvalue weighted by Gasteiger charge is 2.53. The topological polar surface area (TPSA) is 41.1 Å². The summed E-state index contributed by atoms with van der Waals surface area (Å²) in [5, 5.41) is 6.65. The largest absolute Gasteiger partial charge is 0.352 e. The van der Waals surface area contributed by atoms with Gasteiger partial charge in [-0.3, -0.25) is 4.79 Å². The van der Waals surface area contributed by atoms with Gasteiger partial charge in [-0.25, -0.2) is 0 Å². The van der Waals surface area contributed by atoms with Crippen LogP contribution in [0.5, 0.6) is 0 Å². The number of rotatable bonds is 5. The monoisotopic (exact) mass is 292 g/mol. The maximum atomic E-state index is 12.6. The highest BCUT2D eigenvalue weighted by atomic mass is 16.2. The third-order valence-electron chi connectivity index (χ3n) is 6.54. The first-order valence-corrected chi connectivity index (χ1v) is 8.90. The van der Waals surface area contributed by atoms with Gasteiger partial charge in [0.25, 0.3) is 0 Å². The van der Waals surface area contributed by atoms with Crippen LogP contribution in [-0.2, 0) is 4.79 Å². The lowest BCUT2D eigenvalue weighted by Gasteiger charge is -2.59. The van der Waals surface area contributed by atoms with E-state index in [9.17, 15) is 4.79 Å². The van der Waals surface area contributed by atoms with Gasteiger partial charge in [0.1, 0.15) is 0 Å². The Bertz CT molecular complexity index is 380. The first-order valence-electron chi connectivity index (χ1n) is 8.90. The summed E-state index contributed by atoms with van der Waals surface area (Å²) in [5.41, 5.74) is -0.0714. The molecule has 4 aliphatic rings. The highest BCUT2D eigenvalue weighted by molar-refractivity contribution is 5.85. The van der Waals surface area contributed by atoms with Crippen molar-refractivity contribution in [2.24, 2.45) is 23.2 Å². The SMILES string of the molecule is CCNC(C)(C)C(=O)NC(C)C12CC3CC(CC(C3)C1)C2. The number of carbonyl (C=O) groups excluding carboxylic acids is 1. The summed E-state index contributed by atoms with van der Waals surface area (Å²) >= 11 is 0. The second-order valence-corrected chi connectivity index (χ2v) is 8.63. The van der Waals surface area contributed by atoms with Crippen LogP contribution >= 0.6 is 0 Å². The Balaban J connectivity index is 1.68. The smallest absolute Gasteiger partial charge is 0.239 e. The van der Waals surface area contributed by atoms with Crippen LogP contribution in [0.1, 0.15) is 66.2 Å². The molecule has 4 bridgehead atoms. The molecule has 4 saturated carbocycles. The summed E-state index contributed by atoms with van der Waals surface area (Å²) < 4.78 is 0. The third kappa shape index (κ3) is 2.74. The maximum absolute atomic E-state index is 12.6. The van der Waals surface area contributed by atoms with E-state index in [0.29, 0.717) is 11.5 Å². The maximum Gasteiger partial charge on any atom is 0.239 e. The molecule has 0 aliphatic heterocycles. The molecule has 3 nitrogen and oxygen atoms in total. The quantitative estimate of drug-likeness (QED) is 0.817. The molecule has 1 amide bonds. The van der Waals surface area contributed by atoms with Gasteiger partial charge in [0.15, 0.2) is 0 Å². The zero-order valence-corrected chi connectivity index (χ0v) is 14.2. The molecule has 4 fully saturated rings. The Morgan fingerprint density at radius 1 is 1.14 bits per heavy atom. The minimum absolute atomic E-state index is 0.160. The Kier molecular flexibility index (Phi) is 3.84. The second kappa shape index (κ2) is 5.26. The number of hydrogen-bond acceptors (Lipinski definition) is 2. The molecular formula is C18H32N2O. The van der Waals surface area contributed by atoms with Gasteiger partial charge < -0.3 is 10.6 Å². The van der Waals surface area contributed by atoms with Crippen LogP contribution in [0.15, 0.2) is 0 Å². The van der Waals surface area contributed by atoms with Crippen molar-refractivity contribution in [3.8, 4) is 0 Å². The van der Waals surface area contributed by atoms with E-state index in [1.807, 2.05) is 13.8 Å². The van der Waals surface area contributed by atoms with Gasteiger partial charge in [-0.1, -0.05) is 6.92 Å². The lowest BCUT2D eigenvalue weighted by molar-refractivity contribution is -0.131. The van der Waals surface area contributed by atoms with Gasteiger partial charge in [0.2, 0.25) is 5.91 Å². The molecule has 0 radical (unpaired) electrons. The average Bonchev–Trinajstić information content (AvgIpc) is 2.36. The van der Waals surface area contributed by atoms with Gasteiger partial charge in [-0.15, -0.1) is 0 Å². The fourth-order valence-corrected chi connectivity index (χ4v) is 5.76. The van der Waals surface area contributed by atoms with Crippen LogP contribution in [0.25, 0.3) is 0 Å². The number of likely N-dealkylation sites (N-methyl/N-ethyl adjacent to an activating group) is 1. The van der Waals surface area contributed by atoms with Gasteiger partial charge >= 0.3 is 0 Å². The molecule has 0 heterocycles. The van der Waals surface area contributed by atoms with Crippen LogP contribution in [0.2, 0.25) is 0 Å². The van der Waals surface area contributed by atoms with Gasteiger partial charge in [-0.05, 0) is 89.0 Å².